The lowest BCUT2D eigenvalue weighted by molar-refractivity contribution is 0.406. The van der Waals surface area contributed by atoms with Crippen LogP contribution in [0.4, 0.5) is 0 Å². The number of aromatic hydroxyl groups is 1. The highest BCUT2D eigenvalue weighted by Gasteiger charge is 2.27. The Hall–Kier alpha value is -2.63. The Balaban J connectivity index is 1.76. The minimum absolute atomic E-state index is 0.0455. The number of nitrogens with zero attached hydrogens (tertiary/aromatic N) is 1. The van der Waals surface area contributed by atoms with E-state index in [0.717, 1.165) is 32.6 Å². The molecule has 2 atom stereocenters. The van der Waals surface area contributed by atoms with Gasteiger partial charge < -0.3 is 9.84 Å². The minimum Gasteiger partial charge on any atom is -0.508 e. The van der Waals surface area contributed by atoms with E-state index in [9.17, 15) is 5.11 Å². The molecule has 1 aliphatic rings. The molecule has 0 saturated carbocycles. The number of nitrogens with one attached hydrogen (secondary N) is 1. The fourth-order valence-corrected chi connectivity index (χ4v) is 4.19. The quantitative estimate of drug-likeness (QED) is 0.536. The number of aryl methyl sites for hydroxylation is 1. The third-order valence-corrected chi connectivity index (χ3v) is 5.85. The third kappa shape index (κ3) is 4.21. The molecule has 0 radical (unpaired) electrons. The molecule has 0 bridgehead atoms. The van der Waals surface area contributed by atoms with E-state index in [4.69, 9.17) is 9.73 Å². The van der Waals surface area contributed by atoms with Gasteiger partial charge in [0.2, 0.25) is 0 Å². The second kappa shape index (κ2) is 8.39. The normalized spacial score (nSPS) is 18.9. The van der Waals surface area contributed by atoms with Crippen LogP contribution >= 0.6 is 15.9 Å². The van der Waals surface area contributed by atoms with Crippen molar-refractivity contribution in [2.75, 3.05) is 7.11 Å². The summed E-state index contributed by atoms with van der Waals surface area (Å²) in [7, 11) is 1.65. The van der Waals surface area contributed by atoms with Crippen molar-refractivity contribution in [1.82, 2.24) is 5.32 Å². The molecule has 148 valence electrons. The lowest BCUT2D eigenvalue weighted by Crippen LogP contribution is -2.33. The molecule has 0 saturated heterocycles. The van der Waals surface area contributed by atoms with Gasteiger partial charge >= 0.3 is 0 Å². The van der Waals surface area contributed by atoms with Crippen molar-refractivity contribution < 1.29 is 9.84 Å². The molecule has 29 heavy (non-hydrogen) atoms. The van der Waals surface area contributed by atoms with Gasteiger partial charge in [-0.3, -0.25) is 10.3 Å². The Kier molecular flexibility index (Phi) is 5.69. The van der Waals surface area contributed by atoms with Gasteiger partial charge in [-0.05, 0) is 52.2 Å². The molecule has 1 aliphatic heterocycles. The second-order valence-electron chi connectivity index (χ2n) is 7.22. The van der Waals surface area contributed by atoms with Crippen molar-refractivity contribution in [2.45, 2.75) is 25.6 Å². The molecule has 5 heteroatoms. The van der Waals surface area contributed by atoms with E-state index in [1.54, 1.807) is 13.2 Å². The number of aliphatic imine (C=N–C) groups is 1. The molecule has 3 aromatic rings. The number of rotatable bonds is 4. The van der Waals surface area contributed by atoms with Crippen LogP contribution in [0.5, 0.6) is 11.5 Å². The zero-order chi connectivity index (χ0) is 20.4. The molecule has 4 rings (SSSR count). The molecule has 4 nitrogen and oxygen atoms in total. The maximum atomic E-state index is 10.4. The van der Waals surface area contributed by atoms with Crippen LogP contribution in [0.1, 0.15) is 40.9 Å². The van der Waals surface area contributed by atoms with Gasteiger partial charge in [0.05, 0.1) is 11.6 Å². The highest BCUT2D eigenvalue weighted by Crippen LogP contribution is 2.36. The van der Waals surface area contributed by atoms with Crippen LogP contribution in [-0.4, -0.2) is 17.9 Å². The highest BCUT2D eigenvalue weighted by atomic mass is 79.9. The Bertz CT molecular complexity index is 1050. The molecule has 3 aromatic carbocycles. The van der Waals surface area contributed by atoms with Crippen LogP contribution in [0.2, 0.25) is 0 Å². The minimum atomic E-state index is -0.230. The second-order valence-corrected chi connectivity index (χ2v) is 8.07. The van der Waals surface area contributed by atoms with E-state index in [1.807, 2.05) is 36.4 Å². The number of para-hydroxylation sites is 1. The molecule has 0 unspecified atom stereocenters. The summed E-state index contributed by atoms with van der Waals surface area (Å²) in [5.74, 6) is 1.08. The lowest BCUT2D eigenvalue weighted by Gasteiger charge is -2.31. The van der Waals surface area contributed by atoms with Gasteiger partial charge in [0.15, 0.2) is 0 Å². The molecule has 0 fully saturated rings. The van der Waals surface area contributed by atoms with E-state index in [-0.39, 0.29) is 12.2 Å². The summed E-state index contributed by atoms with van der Waals surface area (Å²) in [6.45, 7) is 2.08. The summed E-state index contributed by atoms with van der Waals surface area (Å²) in [5, 5.41) is 14.0. The van der Waals surface area contributed by atoms with Crippen molar-refractivity contribution in [2.24, 2.45) is 4.99 Å². The van der Waals surface area contributed by atoms with E-state index in [2.05, 4.69) is 52.4 Å². The largest absolute Gasteiger partial charge is 0.508 e. The Morgan fingerprint density at radius 1 is 1.07 bits per heavy atom. The van der Waals surface area contributed by atoms with Crippen LogP contribution in [0.15, 0.2) is 76.2 Å². The number of phenolic OH excluding ortho intramolecular Hbond substituents is 1. The standard InChI is InChI=1S/C24H23BrN2O2/c1-15-7-9-16(10-8-15)20-14-21(18-5-3-4-6-22(18)28)27-24(26-20)17-11-12-23(29-2)19(25)13-17/h3-13,21,24,27-28H,14H2,1-2H3/t21-,24+/m1/s1. The van der Waals surface area contributed by atoms with Crippen molar-refractivity contribution in [3.63, 3.8) is 0 Å². The summed E-state index contributed by atoms with van der Waals surface area (Å²) in [5.41, 5.74) is 5.26. The first-order chi connectivity index (χ1) is 14.0. The number of ether oxygens (including phenoxy) is 1. The fourth-order valence-electron chi connectivity index (χ4n) is 3.63. The summed E-state index contributed by atoms with van der Waals surface area (Å²) in [4.78, 5) is 5.02. The molecular formula is C24H23BrN2O2. The van der Waals surface area contributed by atoms with Crippen LogP contribution in [0.3, 0.4) is 0 Å². The Labute approximate surface area is 179 Å². The smallest absolute Gasteiger partial charge is 0.133 e. The van der Waals surface area contributed by atoms with Gasteiger partial charge in [0.25, 0.3) is 0 Å². The number of hydrogen-bond acceptors (Lipinski definition) is 4. The molecule has 0 aliphatic carbocycles. The van der Waals surface area contributed by atoms with Gasteiger partial charge in [-0.15, -0.1) is 0 Å². The fraction of sp³-hybridized carbons (Fsp3) is 0.208. The van der Waals surface area contributed by atoms with Gasteiger partial charge in [0, 0.05) is 23.7 Å². The first kappa shape index (κ1) is 19.7. The van der Waals surface area contributed by atoms with Crippen LogP contribution in [0.25, 0.3) is 0 Å². The first-order valence-corrected chi connectivity index (χ1v) is 10.4. The molecule has 0 aromatic heterocycles. The van der Waals surface area contributed by atoms with E-state index in [1.165, 1.54) is 5.56 Å². The monoisotopic (exact) mass is 450 g/mol. The van der Waals surface area contributed by atoms with Crippen LogP contribution in [0, 0.1) is 6.92 Å². The average molecular weight is 451 g/mol. The number of phenols is 1. The van der Waals surface area contributed by atoms with Crippen LogP contribution in [-0.2, 0) is 0 Å². The zero-order valence-electron chi connectivity index (χ0n) is 16.4. The molecule has 1 heterocycles. The summed E-state index contributed by atoms with van der Waals surface area (Å²) >= 11 is 3.57. The highest BCUT2D eigenvalue weighted by molar-refractivity contribution is 9.10. The Morgan fingerprint density at radius 3 is 2.52 bits per heavy atom. The summed E-state index contributed by atoms with van der Waals surface area (Å²) in [6, 6.07) is 21.9. The van der Waals surface area contributed by atoms with Crippen molar-refractivity contribution >= 4 is 21.6 Å². The maximum Gasteiger partial charge on any atom is 0.133 e. The third-order valence-electron chi connectivity index (χ3n) is 5.23. The van der Waals surface area contributed by atoms with Gasteiger partial charge in [-0.25, -0.2) is 0 Å². The van der Waals surface area contributed by atoms with E-state index >= 15 is 0 Å². The van der Waals surface area contributed by atoms with Crippen molar-refractivity contribution in [1.29, 1.82) is 0 Å². The summed E-state index contributed by atoms with van der Waals surface area (Å²) in [6.07, 6.45) is 0.473. The molecule has 0 amide bonds. The number of benzene rings is 3. The zero-order valence-corrected chi connectivity index (χ0v) is 18.0. The van der Waals surface area contributed by atoms with Crippen LogP contribution < -0.4 is 10.1 Å². The number of halogens is 1. The summed E-state index contributed by atoms with van der Waals surface area (Å²) < 4.78 is 6.24. The SMILES string of the molecule is COc1ccc([C@H]2N=C(c3ccc(C)cc3)C[C@H](c3ccccc3O)N2)cc1Br. The van der Waals surface area contributed by atoms with Crippen molar-refractivity contribution in [3.05, 3.63) is 93.5 Å². The maximum absolute atomic E-state index is 10.4. The molecule has 2 N–H and O–H groups in total. The van der Waals surface area contributed by atoms with E-state index < -0.39 is 0 Å². The predicted octanol–water partition coefficient (Wildman–Crippen LogP) is 5.69. The van der Waals surface area contributed by atoms with Crippen molar-refractivity contribution in [3.8, 4) is 11.5 Å². The van der Waals surface area contributed by atoms with Gasteiger partial charge in [-0.1, -0.05) is 54.1 Å². The molecule has 0 spiro atoms. The van der Waals surface area contributed by atoms with Gasteiger partial charge in [-0.2, -0.15) is 0 Å². The van der Waals surface area contributed by atoms with Gasteiger partial charge in [0.1, 0.15) is 17.7 Å². The first-order valence-electron chi connectivity index (χ1n) is 9.56. The topological polar surface area (TPSA) is 53.9 Å². The lowest BCUT2D eigenvalue weighted by atomic mass is 9.93. The predicted molar refractivity (Wildman–Crippen MR) is 120 cm³/mol. The Morgan fingerprint density at radius 2 is 1.83 bits per heavy atom. The van der Waals surface area contributed by atoms with E-state index in [0.29, 0.717) is 12.2 Å². The molecular weight excluding hydrogens is 428 g/mol. The number of methoxy groups -OCH3 is 1. The average Bonchev–Trinajstić information content (AvgIpc) is 2.74. The number of hydrogen-bond donors (Lipinski definition) is 2.